The average molecular weight is 332 g/mol. The zero-order valence-corrected chi connectivity index (χ0v) is 14.0. The monoisotopic (exact) mass is 332 g/mol. The Labute approximate surface area is 147 Å². The molecule has 0 fully saturated rings. The van der Waals surface area contributed by atoms with Gasteiger partial charge in [-0.05, 0) is 47.0 Å². The first-order chi connectivity index (χ1) is 12.3. The first-order valence-corrected chi connectivity index (χ1v) is 8.08. The molecule has 4 nitrogen and oxygen atoms in total. The van der Waals surface area contributed by atoms with Crippen molar-refractivity contribution < 1.29 is 9.53 Å². The zero-order chi connectivity index (χ0) is 17.5. The maximum absolute atomic E-state index is 11.5. The lowest BCUT2D eigenvalue weighted by Crippen LogP contribution is -2.20. The fraction of sp³-hybridized carbons (Fsp3) is 0.0952. The number of para-hydroxylation sites is 1. The van der Waals surface area contributed by atoms with Crippen LogP contribution in [0, 0.1) is 0 Å². The summed E-state index contributed by atoms with van der Waals surface area (Å²) in [7, 11) is 1.39. The van der Waals surface area contributed by atoms with Crippen LogP contribution in [0.5, 0.6) is 0 Å². The van der Waals surface area contributed by atoms with Crippen LogP contribution in [0.3, 0.4) is 0 Å². The first kappa shape index (κ1) is 16.7. The summed E-state index contributed by atoms with van der Waals surface area (Å²) in [6, 6.07) is 25.7. The Morgan fingerprint density at radius 2 is 1.64 bits per heavy atom. The number of carbonyl (C=O) groups excluding carboxylic acids is 1. The average Bonchev–Trinajstić information content (AvgIpc) is 2.68. The Morgan fingerprint density at radius 1 is 0.880 bits per heavy atom. The van der Waals surface area contributed by atoms with E-state index in [1.165, 1.54) is 7.11 Å². The summed E-state index contributed by atoms with van der Waals surface area (Å²) in [5, 5.41) is 0. The van der Waals surface area contributed by atoms with E-state index in [1.807, 2.05) is 48.5 Å². The van der Waals surface area contributed by atoms with Gasteiger partial charge in [-0.3, -0.25) is 0 Å². The first-order valence-electron chi connectivity index (χ1n) is 8.08. The lowest BCUT2D eigenvalue weighted by atomic mass is 10.0. The molecule has 3 aromatic rings. The number of rotatable bonds is 6. The van der Waals surface area contributed by atoms with E-state index in [-0.39, 0.29) is 5.97 Å². The molecule has 0 spiro atoms. The minimum Gasteiger partial charge on any atom is -0.465 e. The van der Waals surface area contributed by atoms with Crippen LogP contribution in [0.25, 0.3) is 11.1 Å². The Balaban J connectivity index is 1.65. The molecule has 3 rings (SSSR count). The van der Waals surface area contributed by atoms with Crippen LogP contribution in [-0.2, 0) is 11.3 Å². The van der Waals surface area contributed by atoms with Gasteiger partial charge in [0, 0.05) is 12.2 Å². The number of nitrogens with one attached hydrogen (secondary N) is 2. The summed E-state index contributed by atoms with van der Waals surface area (Å²) in [6.45, 7) is 0.697. The van der Waals surface area contributed by atoms with Crippen molar-refractivity contribution in [2.24, 2.45) is 0 Å². The summed E-state index contributed by atoms with van der Waals surface area (Å²) in [5.41, 5.74) is 11.3. The van der Waals surface area contributed by atoms with Crippen molar-refractivity contribution in [3.05, 3.63) is 90.0 Å². The third kappa shape index (κ3) is 4.46. The molecule has 0 aliphatic carbocycles. The number of hydrogen-bond donors (Lipinski definition) is 2. The minimum atomic E-state index is -0.323. The van der Waals surface area contributed by atoms with E-state index in [2.05, 4.69) is 29.1 Å². The summed E-state index contributed by atoms with van der Waals surface area (Å²) in [4.78, 5) is 11.5. The second kappa shape index (κ2) is 8.13. The molecule has 0 heterocycles. The molecule has 0 saturated heterocycles. The molecule has 0 aliphatic heterocycles. The zero-order valence-electron chi connectivity index (χ0n) is 14.0. The standard InChI is InChI=1S/C21H20N2O2/c1-25-21(24)18-12-10-17(11-13-18)19-7-5-6-16(14-19)15-22-23-20-8-3-2-4-9-20/h2-14,22-23H,15H2,1H3. The van der Waals surface area contributed by atoms with Gasteiger partial charge in [-0.15, -0.1) is 0 Å². The van der Waals surface area contributed by atoms with Gasteiger partial charge in [0.2, 0.25) is 0 Å². The third-order valence-electron chi connectivity index (χ3n) is 3.87. The van der Waals surface area contributed by atoms with Gasteiger partial charge in [0.25, 0.3) is 0 Å². The number of hydrazine groups is 1. The van der Waals surface area contributed by atoms with Crippen LogP contribution in [-0.4, -0.2) is 13.1 Å². The fourth-order valence-electron chi connectivity index (χ4n) is 2.55. The number of hydrogen-bond acceptors (Lipinski definition) is 4. The van der Waals surface area contributed by atoms with Crippen molar-refractivity contribution >= 4 is 11.7 Å². The summed E-state index contributed by atoms with van der Waals surface area (Å²) >= 11 is 0. The van der Waals surface area contributed by atoms with E-state index in [9.17, 15) is 4.79 Å². The van der Waals surface area contributed by atoms with Gasteiger partial charge in [0.1, 0.15) is 0 Å². The van der Waals surface area contributed by atoms with Crippen LogP contribution in [0.2, 0.25) is 0 Å². The van der Waals surface area contributed by atoms with E-state index in [0.717, 1.165) is 22.4 Å². The highest BCUT2D eigenvalue weighted by Crippen LogP contribution is 2.21. The molecule has 0 bridgehead atoms. The second-order valence-corrected chi connectivity index (χ2v) is 5.61. The van der Waals surface area contributed by atoms with Crippen LogP contribution < -0.4 is 10.9 Å². The lowest BCUT2D eigenvalue weighted by molar-refractivity contribution is 0.0601. The Hall–Kier alpha value is -3.11. The predicted molar refractivity (Wildman–Crippen MR) is 100 cm³/mol. The van der Waals surface area contributed by atoms with Gasteiger partial charge in [-0.25, -0.2) is 10.2 Å². The number of ether oxygens (including phenoxy) is 1. The molecule has 0 radical (unpaired) electrons. The SMILES string of the molecule is COC(=O)c1ccc(-c2cccc(CNNc3ccccc3)c2)cc1. The van der Waals surface area contributed by atoms with Crippen LogP contribution in [0.15, 0.2) is 78.9 Å². The summed E-state index contributed by atoms with van der Waals surface area (Å²) in [6.07, 6.45) is 0. The van der Waals surface area contributed by atoms with Crippen molar-refractivity contribution in [1.29, 1.82) is 0 Å². The van der Waals surface area contributed by atoms with Crippen LogP contribution >= 0.6 is 0 Å². The van der Waals surface area contributed by atoms with Crippen molar-refractivity contribution in [1.82, 2.24) is 5.43 Å². The Kier molecular flexibility index (Phi) is 5.44. The molecule has 25 heavy (non-hydrogen) atoms. The topological polar surface area (TPSA) is 50.4 Å². The van der Waals surface area contributed by atoms with Gasteiger partial charge in [-0.2, -0.15) is 0 Å². The van der Waals surface area contributed by atoms with E-state index in [4.69, 9.17) is 4.74 Å². The quantitative estimate of drug-likeness (QED) is 0.523. The summed E-state index contributed by atoms with van der Waals surface area (Å²) in [5.74, 6) is -0.323. The predicted octanol–water partition coefficient (Wildman–Crippen LogP) is 4.26. The van der Waals surface area contributed by atoms with Crippen LogP contribution in [0.1, 0.15) is 15.9 Å². The highest BCUT2D eigenvalue weighted by atomic mass is 16.5. The van der Waals surface area contributed by atoms with Gasteiger partial charge < -0.3 is 10.2 Å². The highest BCUT2D eigenvalue weighted by Gasteiger charge is 2.05. The minimum absolute atomic E-state index is 0.323. The largest absolute Gasteiger partial charge is 0.465 e. The molecule has 0 amide bonds. The third-order valence-corrected chi connectivity index (χ3v) is 3.87. The van der Waals surface area contributed by atoms with Gasteiger partial charge >= 0.3 is 5.97 Å². The van der Waals surface area contributed by atoms with Gasteiger partial charge in [0.15, 0.2) is 0 Å². The highest BCUT2D eigenvalue weighted by molar-refractivity contribution is 5.89. The second-order valence-electron chi connectivity index (χ2n) is 5.61. The van der Waals surface area contributed by atoms with Crippen molar-refractivity contribution in [2.75, 3.05) is 12.5 Å². The van der Waals surface area contributed by atoms with Crippen molar-refractivity contribution in [3.63, 3.8) is 0 Å². The van der Waals surface area contributed by atoms with E-state index < -0.39 is 0 Å². The molecule has 0 aromatic heterocycles. The molecule has 0 unspecified atom stereocenters. The number of benzene rings is 3. The van der Waals surface area contributed by atoms with E-state index >= 15 is 0 Å². The van der Waals surface area contributed by atoms with Gasteiger partial charge in [0.05, 0.1) is 12.7 Å². The van der Waals surface area contributed by atoms with Crippen molar-refractivity contribution in [3.8, 4) is 11.1 Å². The van der Waals surface area contributed by atoms with Gasteiger partial charge in [-0.1, -0.05) is 48.5 Å². The number of methoxy groups -OCH3 is 1. The fourth-order valence-corrected chi connectivity index (χ4v) is 2.55. The molecule has 3 aromatic carbocycles. The molecule has 4 heteroatoms. The smallest absolute Gasteiger partial charge is 0.337 e. The Bertz CT molecular complexity index is 830. The van der Waals surface area contributed by atoms with E-state index in [1.54, 1.807) is 12.1 Å². The van der Waals surface area contributed by atoms with Crippen LogP contribution in [0.4, 0.5) is 5.69 Å². The van der Waals surface area contributed by atoms with E-state index in [0.29, 0.717) is 12.1 Å². The molecule has 0 saturated carbocycles. The molecular formula is C21H20N2O2. The number of carbonyl (C=O) groups is 1. The normalized spacial score (nSPS) is 10.3. The lowest BCUT2D eigenvalue weighted by Gasteiger charge is -2.10. The molecule has 0 atom stereocenters. The maximum atomic E-state index is 11.5. The molecular weight excluding hydrogens is 312 g/mol. The number of esters is 1. The molecule has 126 valence electrons. The number of anilines is 1. The molecule has 0 aliphatic rings. The van der Waals surface area contributed by atoms with Crippen molar-refractivity contribution in [2.45, 2.75) is 6.54 Å². The summed E-state index contributed by atoms with van der Waals surface area (Å²) < 4.78 is 4.73. The molecule has 2 N–H and O–H groups in total. The maximum Gasteiger partial charge on any atom is 0.337 e. The Morgan fingerprint density at radius 3 is 2.36 bits per heavy atom.